The molecule has 0 aliphatic heterocycles. The standard InChI is InChI=1S/C66H119N2O6P/c1-6-8-10-12-14-16-18-20-22-24-26-27-28-29-30-31-32-33-34-35-36-37-38-39-40-41-42-44-46-48-50-52-54-56-58-60-66(70)67-64(63-74-75(71,72)73-62-61-68(3,4)5)65(69)59-57-55-53-51-49-47-45-43-25-23-21-19-17-15-13-11-9-7-2/h8,10,14,16,20,22,25-27,29-30,43,49,51,57,59,64-65,69H,6-7,9,11-13,15,17-19,21,23-24,28,31-42,44-48,50,52-56,58,60-63H2,1-5H3,(H-,67,70,71,72)/p+1/b10-8-,16-14-,22-20-,27-26-,30-29-,43-25+,51-49+,59-57+. The van der Waals surface area contributed by atoms with E-state index in [1.807, 2.05) is 27.2 Å². The molecule has 3 N–H and O–H groups in total. The fraction of sp³-hybridized carbons (Fsp3) is 0.742. The molecule has 1 amide bonds. The van der Waals surface area contributed by atoms with E-state index in [-0.39, 0.29) is 19.1 Å². The van der Waals surface area contributed by atoms with Crippen LogP contribution in [-0.4, -0.2) is 73.4 Å². The zero-order valence-corrected chi connectivity index (χ0v) is 50.4. The van der Waals surface area contributed by atoms with Crippen molar-refractivity contribution < 1.29 is 32.9 Å². The molecule has 0 rings (SSSR count). The molecule has 75 heavy (non-hydrogen) atoms. The quantitative estimate of drug-likeness (QED) is 0.0243. The van der Waals surface area contributed by atoms with E-state index in [4.69, 9.17) is 9.05 Å². The number of aliphatic hydroxyl groups is 1. The van der Waals surface area contributed by atoms with Gasteiger partial charge in [0.15, 0.2) is 0 Å². The van der Waals surface area contributed by atoms with E-state index < -0.39 is 20.0 Å². The average molecular weight is 1070 g/mol. The Hall–Kier alpha value is -2.58. The van der Waals surface area contributed by atoms with Gasteiger partial charge in [-0.05, 0) is 89.9 Å². The lowest BCUT2D eigenvalue weighted by molar-refractivity contribution is -0.870. The van der Waals surface area contributed by atoms with E-state index in [1.54, 1.807) is 6.08 Å². The SMILES string of the molecule is CC/C=C\C/C=C\C/C=C\C/C=C\C/C=C\CCCCCCCCCCCCCCCCCCCCCC(=O)NC(COP(=O)(O)OCC[N+](C)(C)C)C(O)/C=C/CC/C=C/CC/C=C/CCCCCCCCCC. The highest BCUT2D eigenvalue weighted by atomic mass is 31.2. The second-order valence-electron chi connectivity index (χ2n) is 22.0. The molecule has 0 aliphatic carbocycles. The number of unbranched alkanes of at least 4 members (excludes halogenated alkanes) is 29. The lowest BCUT2D eigenvalue weighted by atomic mass is 10.0. The van der Waals surface area contributed by atoms with E-state index in [0.717, 1.165) is 77.0 Å². The summed E-state index contributed by atoms with van der Waals surface area (Å²) in [5, 5.41) is 13.9. The summed E-state index contributed by atoms with van der Waals surface area (Å²) in [5.41, 5.74) is 0. The van der Waals surface area contributed by atoms with Crippen molar-refractivity contribution in [2.45, 2.75) is 276 Å². The predicted octanol–water partition coefficient (Wildman–Crippen LogP) is 19.4. The summed E-state index contributed by atoms with van der Waals surface area (Å²) in [6.07, 6.45) is 81.0. The van der Waals surface area contributed by atoms with Gasteiger partial charge in [0.25, 0.3) is 0 Å². The fourth-order valence-corrected chi connectivity index (χ4v) is 9.43. The molecular weight excluding hydrogens is 948 g/mol. The summed E-state index contributed by atoms with van der Waals surface area (Å²) in [6, 6.07) is -0.874. The molecular formula is C66H120N2O6P+. The molecule has 3 unspecified atom stereocenters. The van der Waals surface area contributed by atoms with Gasteiger partial charge >= 0.3 is 7.82 Å². The fourth-order valence-electron chi connectivity index (χ4n) is 8.69. The maximum atomic E-state index is 13.0. The number of amides is 1. The van der Waals surface area contributed by atoms with E-state index in [2.05, 4.69) is 104 Å². The van der Waals surface area contributed by atoms with Crippen LogP contribution in [0.3, 0.4) is 0 Å². The number of quaternary nitrogens is 1. The Kier molecular flexibility index (Phi) is 54.2. The molecule has 0 fully saturated rings. The van der Waals surface area contributed by atoms with Gasteiger partial charge in [-0.25, -0.2) is 4.57 Å². The maximum Gasteiger partial charge on any atom is 0.472 e. The number of phosphoric ester groups is 1. The van der Waals surface area contributed by atoms with Gasteiger partial charge in [0, 0.05) is 6.42 Å². The molecule has 0 heterocycles. The van der Waals surface area contributed by atoms with Crippen molar-refractivity contribution in [3.05, 3.63) is 97.2 Å². The Morgan fingerprint density at radius 3 is 1.23 bits per heavy atom. The molecule has 0 radical (unpaired) electrons. The molecule has 0 spiro atoms. The van der Waals surface area contributed by atoms with Crippen LogP contribution in [0, 0.1) is 0 Å². The number of likely N-dealkylation sites (N-methyl/N-ethyl adjacent to an activating group) is 1. The Labute approximate surface area is 464 Å². The van der Waals surface area contributed by atoms with E-state index in [1.165, 1.54) is 167 Å². The molecule has 0 aliphatic rings. The molecule has 3 atom stereocenters. The van der Waals surface area contributed by atoms with Crippen molar-refractivity contribution in [3.63, 3.8) is 0 Å². The molecule has 0 aromatic rings. The molecule has 9 heteroatoms. The number of phosphoric acid groups is 1. The summed E-state index contributed by atoms with van der Waals surface area (Å²) in [7, 11) is 1.54. The van der Waals surface area contributed by atoms with Crippen LogP contribution in [0.5, 0.6) is 0 Å². The van der Waals surface area contributed by atoms with Crippen LogP contribution in [0.4, 0.5) is 0 Å². The van der Waals surface area contributed by atoms with Gasteiger partial charge in [-0.15, -0.1) is 0 Å². The monoisotopic (exact) mass is 1070 g/mol. The highest BCUT2D eigenvalue weighted by Crippen LogP contribution is 2.43. The third-order valence-corrected chi connectivity index (χ3v) is 14.5. The summed E-state index contributed by atoms with van der Waals surface area (Å²) in [5.74, 6) is -0.191. The largest absolute Gasteiger partial charge is 0.472 e. The zero-order chi connectivity index (χ0) is 54.9. The molecule has 0 saturated carbocycles. The van der Waals surface area contributed by atoms with Crippen LogP contribution < -0.4 is 5.32 Å². The number of nitrogens with one attached hydrogen (secondary N) is 1. The summed E-state index contributed by atoms with van der Waals surface area (Å²) >= 11 is 0. The number of hydrogen-bond donors (Lipinski definition) is 3. The van der Waals surface area contributed by atoms with Crippen LogP contribution in [0.1, 0.15) is 264 Å². The van der Waals surface area contributed by atoms with Gasteiger partial charge in [0.2, 0.25) is 5.91 Å². The van der Waals surface area contributed by atoms with Crippen molar-refractivity contribution in [1.29, 1.82) is 0 Å². The first-order chi connectivity index (χ1) is 36.5. The Morgan fingerprint density at radius 2 is 0.813 bits per heavy atom. The summed E-state index contributed by atoms with van der Waals surface area (Å²) in [4.78, 5) is 23.3. The van der Waals surface area contributed by atoms with Gasteiger partial charge in [-0.3, -0.25) is 13.8 Å². The number of carbonyl (C=O) groups excluding carboxylic acids is 1. The van der Waals surface area contributed by atoms with Crippen molar-refractivity contribution in [2.24, 2.45) is 0 Å². The van der Waals surface area contributed by atoms with Gasteiger partial charge < -0.3 is 19.8 Å². The van der Waals surface area contributed by atoms with Crippen molar-refractivity contribution in [3.8, 4) is 0 Å². The van der Waals surface area contributed by atoms with Crippen LogP contribution in [0.15, 0.2) is 97.2 Å². The van der Waals surface area contributed by atoms with E-state index >= 15 is 0 Å². The van der Waals surface area contributed by atoms with Crippen molar-refractivity contribution in [1.82, 2.24) is 5.32 Å². The molecule has 0 aromatic carbocycles. The number of carbonyl (C=O) groups is 1. The lowest BCUT2D eigenvalue weighted by Gasteiger charge is -2.25. The topological polar surface area (TPSA) is 105 Å². The first-order valence-corrected chi connectivity index (χ1v) is 32.6. The number of allylic oxidation sites excluding steroid dienone is 15. The third-order valence-electron chi connectivity index (χ3n) is 13.5. The molecule has 0 saturated heterocycles. The normalized spacial score (nSPS) is 14.5. The first-order valence-electron chi connectivity index (χ1n) is 31.1. The molecule has 0 bridgehead atoms. The van der Waals surface area contributed by atoms with E-state index in [9.17, 15) is 19.4 Å². The lowest BCUT2D eigenvalue weighted by Crippen LogP contribution is -2.45. The van der Waals surface area contributed by atoms with Gasteiger partial charge in [-0.1, -0.05) is 265 Å². The number of nitrogens with zero attached hydrogens (tertiary/aromatic N) is 1. The highest BCUT2D eigenvalue weighted by molar-refractivity contribution is 7.47. The zero-order valence-electron chi connectivity index (χ0n) is 49.5. The number of aliphatic hydroxyl groups excluding tert-OH is 1. The van der Waals surface area contributed by atoms with Gasteiger partial charge in [0.1, 0.15) is 13.2 Å². The number of rotatable bonds is 56. The summed E-state index contributed by atoms with van der Waals surface area (Å²) < 4.78 is 23.7. The molecule has 0 aromatic heterocycles. The second kappa shape index (κ2) is 56.2. The van der Waals surface area contributed by atoms with E-state index in [0.29, 0.717) is 17.4 Å². The minimum Gasteiger partial charge on any atom is -0.387 e. The maximum absolute atomic E-state index is 13.0. The smallest absolute Gasteiger partial charge is 0.387 e. The van der Waals surface area contributed by atoms with Crippen molar-refractivity contribution >= 4 is 13.7 Å². The summed E-state index contributed by atoms with van der Waals surface area (Å²) in [6.45, 7) is 4.68. The molecule has 434 valence electrons. The van der Waals surface area contributed by atoms with Crippen LogP contribution >= 0.6 is 7.82 Å². The van der Waals surface area contributed by atoms with Crippen LogP contribution in [-0.2, 0) is 18.4 Å². The average Bonchev–Trinajstić information content (AvgIpc) is 3.37. The third kappa shape index (κ3) is 58.9. The van der Waals surface area contributed by atoms with Crippen LogP contribution in [0.2, 0.25) is 0 Å². The minimum absolute atomic E-state index is 0.0513. The van der Waals surface area contributed by atoms with Crippen LogP contribution in [0.25, 0.3) is 0 Å². The highest BCUT2D eigenvalue weighted by Gasteiger charge is 2.27. The van der Waals surface area contributed by atoms with Crippen molar-refractivity contribution in [2.75, 3.05) is 40.9 Å². The first kappa shape index (κ1) is 72.4. The Bertz CT molecular complexity index is 1540. The Balaban J connectivity index is 4.09. The number of hydrogen-bond acceptors (Lipinski definition) is 5. The van der Waals surface area contributed by atoms with Gasteiger partial charge in [0.05, 0.1) is 39.9 Å². The second-order valence-corrected chi connectivity index (χ2v) is 23.5. The Morgan fingerprint density at radius 1 is 0.467 bits per heavy atom. The predicted molar refractivity (Wildman–Crippen MR) is 327 cm³/mol. The van der Waals surface area contributed by atoms with Gasteiger partial charge in [-0.2, -0.15) is 0 Å². The molecule has 8 nitrogen and oxygen atoms in total. The minimum atomic E-state index is -4.36.